The predicted molar refractivity (Wildman–Crippen MR) is 69.1 cm³/mol. The highest BCUT2D eigenvalue weighted by molar-refractivity contribution is 5.22. The first-order chi connectivity index (χ1) is 8.65. The lowest BCUT2D eigenvalue weighted by molar-refractivity contribution is 0.549. The molecule has 0 amide bonds. The van der Waals surface area contributed by atoms with E-state index in [1.54, 1.807) is 6.33 Å². The van der Waals surface area contributed by atoms with Crippen LogP contribution in [0.3, 0.4) is 0 Å². The van der Waals surface area contributed by atoms with Gasteiger partial charge in [0.1, 0.15) is 12.2 Å². The number of aromatic nitrogens is 5. The van der Waals surface area contributed by atoms with Crippen LogP contribution >= 0.6 is 0 Å². The molecule has 0 aliphatic carbocycles. The van der Waals surface area contributed by atoms with E-state index in [1.807, 2.05) is 30.5 Å². The monoisotopic (exact) mass is 248 g/mol. The molecular weight excluding hydrogens is 228 g/mol. The maximum absolute atomic E-state index is 4.48. The van der Waals surface area contributed by atoms with Crippen LogP contribution < -0.4 is 5.32 Å². The summed E-state index contributed by atoms with van der Waals surface area (Å²) in [7, 11) is 5.84. The van der Waals surface area contributed by atoms with Crippen LogP contribution in [0.2, 0.25) is 0 Å². The minimum absolute atomic E-state index is 0.219. The molecule has 98 valence electrons. The average Bonchev–Trinajstić information content (AvgIpc) is 2.92. The molecule has 1 unspecified atom stereocenters. The first-order valence-electron chi connectivity index (χ1n) is 6.18. The molecule has 6 nitrogen and oxygen atoms in total. The SMILES string of the molecule is CCc1nn(C)cc1C(Cc1ncnn1C)NC. The van der Waals surface area contributed by atoms with E-state index in [0.29, 0.717) is 0 Å². The number of rotatable bonds is 5. The normalized spacial score (nSPS) is 12.9. The first kappa shape index (κ1) is 12.8. The van der Waals surface area contributed by atoms with Crippen LogP contribution in [0.4, 0.5) is 0 Å². The molecule has 0 radical (unpaired) electrons. The number of hydrogen-bond acceptors (Lipinski definition) is 4. The number of aryl methyl sites for hydroxylation is 3. The van der Waals surface area contributed by atoms with Crippen LogP contribution in [-0.4, -0.2) is 31.6 Å². The summed E-state index contributed by atoms with van der Waals surface area (Å²) in [4.78, 5) is 4.28. The van der Waals surface area contributed by atoms with Gasteiger partial charge in [-0.2, -0.15) is 10.2 Å². The van der Waals surface area contributed by atoms with Crippen LogP contribution in [-0.2, 0) is 26.9 Å². The van der Waals surface area contributed by atoms with Gasteiger partial charge in [0.15, 0.2) is 0 Å². The molecule has 2 rings (SSSR count). The lowest BCUT2D eigenvalue weighted by Gasteiger charge is -2.15. The van der Waals surface area contributed by atoms with Crippen LogP contribution in [0.25, 0.3) is 0 Å². The Morgan fingerprint density at radius 1 is 1.39 bits per heavy atom. The summed E-state index contributed by atoms with van der Waals surface area (Å²) in [5, 5.41) is 11.9. The Bertz CT molecular complexity index is 512. The van der Waals surface area contributed by atoms with Crippen molar-refractivity contribution >= 4 is 0 Å². The maximum atomic E-state index is 4.48. The van der Waals surface area contributed by atoms with Gasteiger partial charge < -0.3 is 5.32 Å². The third-order valence-corrected chi connectivity index (χ3v) is 3.19. The van der Waals surface area contributed by atoms with Crippen molar-refractivity contribution in [2.75, 3.05) is 7.05 Å². The summed E-state index contributed by atoms with van der Waals surface area (Å²) < 4.78 is 3.68. The van der Waals surface area contributed by atoms with Crippen molar-refractivity contribution in [3.05, 3.63) is 29.6 Å². The Morgan fingerprint density at radius 2 is 2.17 bits per heavy atom. The van der Waals surface area contributed by atoms with E-state index in [4.69, 9.17) is 0 Å². The van der Waals surface area contributed by atoms with Crippen LogP contribution in [0, 0.1) is 0 Å². The minimum Gasteiger partial charge on any atom is -0.313 e. The van der Waals surface area contributed by atoms with Gasteiger partial charge in [-0.3, -0.25) is 9.36 Å². The molecule has 0 aliphatic heterocycles. The van der Waals surface area contributed by atoms with Gasteiger partial charge in [0.25, 0.3) is 0 Å². The van der Waals surface area contributed by atoms with Gasteiger partial charge in [-0.05, 0) is 13.5 Å². The number of likely N-dealkylation sites (N-methyl/N-ethyl adjacent to an activating group) is 1. The molecular formula is C12H20N6. The Kier molecular flexibility index (Phi) is 3.76. The van der Waals surface area contributed by atoms with E-state index >= 15 is 0 Å². The van der Waals surface area contributed by atoms with E-state index in [1.165, 1.54) is 5.56 Å². The van der Waals surface area contributed by atoms with Crippen molar-refractivity contribution in [1.29, 1.82) is 0 Å². The zero-order valence-electron chi connectivity index (χ0n) is 11.4. The summed E-state index contributed by atoms with van der Waals surface area (Å²) in [5.41, 5.74) is 2.38. The van der Waals surface area contributed by atoms with Gasteiger partial charge in [0, 0.05) is 38.3 Å². The Hall–Kier alpha value is -1.69. The predicted octanol–water partition coefficient (Wildman–Crippen LogP) is 0.614. The fourth-order valence-electron chi connectivity index (χ4n) is 2.17. The molecule has 2 aromatic heterocycles. The van der Waals surface area contributed by atoms with E-state index in [0.717, 1.165) is 24.4 Å². The van der Waals surface area contributed by atoms with Gasteiger partial charge in [0.2, 0.25) is 0 Å². The molecule has 0 aromatic carbocycles. The van der Waals surface area contributed by atoms with Crippen molar-refractivity contribution in [3.8, 4) is 0 Å². The highest BCUT2D eigenvalue weighted by Crippen LogP contribution is 2.20. The second kappa shape index (κ2) is 5.30. The van der Waals surface area contributed by atoms with Crippen LogP contribution in [0.1, 0.15) is 30.0 Å². The van der Waals surface area contributed by atoms with Crippen LogP contribution in [0.5, 0.6) is 0 Å². The molecule has 0 aliphatic rings. The standard InChI is InChI=1S/C12H20N6/c1-5-10-9(7-17(3)16-10)11(13-2)6-12-14-8-15-18(12)4/h7-8,11,13H,5-6H2,1-4H3. The molecule has 2 heterocycles. The molecule has 0 fully saturated rings. The van der Waals surface area contributed by atoms with E-state index < -0.39 is 0 Å². The Morgan fingerprint density at radius 3 is 2.72 bits per heavy atom. The fraction of sp³-hybridized carbons (Fsp3) is 0.583. The van der Waals surface area contributed by atoms with Crippen molar-refractivity contribution in [1.82, 2.24) is 29.9 Å². The molecule has 0 saturated carbocycles. The maximum Gasteiger partial charge on any atom is 0.138 e. The lowest BCUT2D eigenvalue weighted by Crippen LogP contribution is -2.21. The summed E-state index contributed by atoms with van der Waals surface area (Å²) in [6.45, 7) is 2.13. The molecule has 1 atom stereocenters. The minimum atomic E-state index is 0.219. The zero-order chi connectivity index (χ0) is 13.1. The highest BCUT2D eigenvalue weighted by atomic mass is 15.3. The zero-order valence-corrected chi connectivity index (χ0v) is 11.4. The molecule has 0 saturated heterocycles. The van der Waals surface area contributed by atoms with Crippen molar-refractivity contribution in [2.45, 2.75) is 25.8 Å². The summed E-state index contributed by atoms with van der Waals surface area (Å²) in [6, 6.07) is 0.219. The number of nitrogens with zero attached hydrogens (tertiary/aromatic N) is 5. The Labute approximate surface area is 107 Å². The van der Waals surface area contributed by atoms with E-state index in [9.17, 15) is 0 Å². The van der Waals surface area contributed by atoms with Gasteiger partial charge in [-0.25, -0.2) is 4.98 Å². The first-order valence-corrected chi connectivity index (χ1v) is 6.18. The van der Waals surface area contributed by atoms with Crippen molar-refractivity contribution < 1.29 is 0 Å². The van der Waals surface area contributed by atoms with E-state index in [2.05, 4.69) is 33.6 Å². The quantitative estimate of drug-likeness (QED) is 0.842. The lowest BCUT2D eigenvalue weighted by atomic mass is 10.0. The topological polar surface area (TPSA) is 60.6 Å². The van der Waals surface area contributed by atoms with Crippen molar-refractivity contribution in [2.24, 2.45) is 14.1 Å². The number of hydrogen-bond donors (Lipinski definition) is 1. The van der Waals surface area contributed by atoms with Gasteiger partial charge in [-0.1, -0.05) is 6.92 Å². The van der Waals surface area contributed by atoms with Gasteiger partial charge in [-0.15, -0.1) is 0 Å². The molecule has 2 aromatic rings. The fourth-order valence-corrected chi connectivity index (χ4v) is 2.17. The smallest absolute Gasteiger partial charge is 0.138 e. The number of nitrogens with one attached hydrogen (secondary N) is 1. The summed E-state index contributed by atoms with van der Waals surface area (Å²) in [5.74, 6) is 0.972. The molecule has 0 bridgehead atoms. The molecule has 1 N–H and O–H groups in total. The van der Waals surface area contributed by atoms with E-state index in [-0.39, 0.29) is 6.04 Å². The van der Waals surface area contributed by atoms with Gasteiger partial charge >= 0.3 is 0 Å². The Balaban J connectivity index is 2.25. The third-order valence-electron chi connectivity index (χ3n) is 3.19. The summed E-state index contributed by atoms with van der Waals surface area (Å²) >= 11 is 0. The highest BCUT2D eigenvalue weighted by Gasteiger charge is 2.18. The van der Waals surface area contributed by atoms with Crippen LogP contribution in [0.15, 0.2) is 12.5 Å². The molecule has 0 spiro atoms. The average molecular weight is 248 g/mol. The third kappa shape index (κ3) is 2.43. The second-order valence-electron chi connectivity index (χ2n) is 4.40. The second-order valence-corrected chi connectivity index (χ2v) is 4.40. The molecule has 18 heavy (non-hydrogen) atoms. The molecule has 6 heteroatoms. The van der Waals surface area contributed by atoms with Crippen molar-refractivity contribution in [3.63, 3.8) is 0 Å². The summed E-state index contributed by atoms with van der Waals surface area (Å²) in [6.07, 6.45) is 5.42. The largest absolute Gasteiger partial charge is 0.313 e. The van der Waals surface area contributed by atoms with Gasteiger partial charge in [0.05, 0.1) is 5.69 Å².